The normalized spacial score (nSPS) is 13.4. The second kappa shape index (κ2) is 11.3. The second-order valence-electron chi connectivity index (χ2n) is 9.33. The number of benzene rings is 4. The first-order valence-corrected chi connectivity index (χ1v) is 13.1. The van der Waals surface area contributed by atoms with Crippen molar-refractivity contribution in [3.8, 4) is 16.9 Å². The van der Waals surface area contributed by atoms with E-state index in [2.05, 4.69) is 56.8 Å². The van der Waals surface area contributed by atoms with Gasteiger partial charge in [0, 0.05) is 29.9 Å². The topological polar surface area (TPSA) is 59.5 Å². The molecule has 1 aliphatic heterocycles. The van der Waals surface area contributed by atoms with Gasteiger partial charge in [0.25, 0.3) is 0 Å². The van der Waals surface area contributed by atoms with Gasteiger partial charge < -0.3 is 19.7 Å². The standard InChI is InChI=1S/C31H26ClFN4O2/c32-28-18-25(8-10-31(28)39-20-21-3-1-5-24(33)15-21)35-30-19-34-36-29-9-7-23(17-27(29)30)22-4-2-6-26(16-22)37-11-13-38-14-12-37/h1-10,15-19H,11-14,20H2,(H,35,36). The molecule has 0 amide bonds. The third-order valence-electron chi connectivity index (χ3n) is 6.69. The highest BCUT2D eigenvalue weighted by Gasteiger charge is 2.13. The molecule has 1 saturated heterocycles. The summed E-state index contributed by atoms with van der Waals surface area (Å²) < 4.78 is 24.8. The Balaban J connectivity index is 1.23. The molecule has 1 N–H and O–H groups in total. The van der Waals surface area contributed by atoms with Gasteiger partial charge in [-0.1, -0.05) is 41.9 Å². The molecular weight excluding hydrogens is 515 g/mol. The number of hydrogen-bond donors (Lipinski definition) is 1. The Hall–Kier alpha value is -4.20. The highest BCUT2D eigenvalue weighted by Crippen LogP contribution is 2.33. The first-order valence-electron chi connectivity index (χ1n) is 12.7. The van der Waals surface area contributed by atoms with E-state index in [1.807, 2.05) is 18.2 Å². The van der Waals surface area contributed by atoms with Crippen molar-refractivity contribution in [2.45, 2.75) is 6.61 Å². The van der Waals surface area contributed by atoms with Crippen molar-refractivity contribution < 1.29 is 13.9 Å². The van der Waals surface area contributed by atoms with E-state index in [0.29, 0.717) is 10.8 Å². The monoisotopic (exact) mass is 540 g/mol. The number of morpholine rings is 1. The smallest absolute Gasteiger partial charge is 0.138 e. The second-order valence-corrected chi connectivity index (χ2v) is 9.74. The molecule has 5 aromatic rings. The van der Waals surface area contributed by atoms with Crippen LogP contribution in [0.5, 0.6) is 5.75 Å². The van der Waals surface area contributed by atoms with Gasteiger partial charge in [0.2, 0.25) is 0 Å². The zero-order chi connectivity index (χ0) is 26.6. The Morgan fingerprint density at radius 1 is 0.923 bits per heavy atom. The van der Waals surface area contributed by atoms with Gasteiger partial charge in [-0.3, -0.25) is 0 Å². The predicted molar refractivity (Wildman–Crippen MR) is 153 cm³/mol. The van der Waals surface area contributed by atoms with Crippen LogP contribution in [0.15, 0.2) is 91.1 Å². The van der Waals surface area contributed by atoms with Gasteiger partial charge in [-0.2, -0.15) is 10.2 Å². The Morgan fingerprint density at radius 2 is 1.77 bits per heavy atom. The van der Waals surface area contributed by atoms with E-state index < -0.39 is 0 Å². The molecule has 1 aliphatic rings. The molecule has 0 saturated carbocycles. The van der Waals surface area contributed by atoms with E-state index >= 15 is 0 Å². The molecule has 2 heterocycles. The van der Waals surface area contributed by atoms with Crippen LogP contribution in [0.2, 0.25) is 5.02 Å². The number of halogens is 2. The fourth-order valence-corrected chi connectivity index (χ4v) is 4.91. The van der Waals surface area contributed by atoms with Crippen LogP contribution in [0.25, 0.3) is 22.0 Å². The lowest BCUT2D eigenvalue weighted by Crippen LogP contribution is -2.36. The summed E-state index contributed by atoms with van der Waals surface area (Å²) in [4.78, 5) is 2.35. The van der Waals surface area contributed by atoms with Gasteiger partial charge in [0.15, 0.2) is 0 Å². The molecule has 0 atom stereocenters. The molecule has 39 heavy (non-hydrogen) atoms. The molecule has 6 rings (SSSR count). The third kappa shape index (κ3) is 5.79. The minimum Gasteiger partial charge on any atom is -0.487 e. The fourth-order valence-electron chi connectivity index (χ4n) is 4.68. The van der Waals surface area contributed by atoms with E-state index in [1.165, 1.54) is 17.8 Å². The molecule has 0 aliphatic carbocycles. The molecule has 196 valence electrons. The number of nitrogens with zero attached hydrogens (tertiary/aromatic N) is 3. The molecule has 0 spiro atoms. The van der Waals surface area contributed by atoms with Crippen molar-refractivity contribution in [2.75, 3.05) is 36.5 Å². The summed E-state index contributed by atoms with van der Waals surface area (Å²) in [6.07, 6.45) is 1.71. The summed E-state index contributed by atoms with van der Waals surface area (Å²) in [5.74, 6) is 0.222. The average molecular weight is 541 g/mol. The Kier molecular flexibility index (Phi) is 7.25. The molecule has 1 aromatic heterocycles. The fraction of sp³-hybridized carbons (Fsp3) is 0.161. The number of hydrogen-bond acceptors (Lipinski definition) is 6. The highest BCUT2D eigenvalue weighted by molar-refractivity contribution is 6.32. The molecule has 4 aromatic carbocycles. The lowest BCUT2D eigenvalue weighted by atomic mass is 10.0. The molecule has 0 bridgehead atoms. The van der Waals surface area contributed by atoms with Crippen LogP contribution in [0.1, 0.15) is 5.56 Å². The number of fused-ring (bicyclic) bond motifs is 1. The summed E-state index contributed by atoms with van der Waals surface area (Å²) in [5, 5.41) is 13.3. The van der Waals surface area contributed by atoms with Crippen LogP contribution in [-0.2, 0) is 11.3 Å². The number of ether oxygens (including phenoxy) is 2. The van der Waals surface area contributed by atoms with Gasteiger partial charge in [-0.05, 0) is 71.3 Å². The van der Waals surface area contributed by atoms with Gasteiger partial charge in [-0.15, -0.1) is 0 Å². The first kappa shape index (κ1) is 25.1. The van der Waals surface area contributed by atoms with Crippen molar-refractivity contribution in [1.29, 1.82) is 0 Å². The molecule has 1 fully saturated rings. The van der Waals surface area contributed by atoms with Crippen molar-refractivity contribution in [2.24, 2.45) is 0 Å². The summed E-state index contributed by atoms with van der Waals surface area (Å²) in [6, 6.07) is 26.5. The third-order valence-corrected chi connectivity index (χ3v) is 6.98. The predicted octanol–water partition coefficient (Wildman–Crippen LogP) is 7.25. The van der Waals surface area contributed by atoms with Crippen LogP contribution in [-0.4, -0.2) is 36.5 Å². The summed E-state index contributed by atoms with van der Waals surface area (Å²) in [5.41, 5.74) is 6.53. The Bertz CT molecular complexity index is 1620. The summed E-state index contributed by atoms with van der Waals surface area (Å²) >= 11 is 6.52. The number of nitrogens with one attached hydrogen (secondary N) is 1. The van der Waals surface area contributed by atoms with E-state index in [0.717, 1.165) is 65.3 Å². The molecule has 0 radical (unpaired) electrons. The van der Waals surface area contributed by atoms with Gasteiger partial charge in [-0.25, -0.2) is 4.39 Å². The Labute approximate surface area is 231 Å². The van der Waals surface area contributed by atoms with Crippen LogP contribution >= 0.6 is 11.6 Å². The maximum absolute atomic E-state index is 13.5. The van der Waals surface area contributed by atoms with E-state index in [4.69, 9.17) is 21.1 Å². The van der Waals surface area contributed by atoms with E-state index in [-0.39, 0.29) is 12.4 Å². The summed E-state index contributed by atoms with van der Waals surface area (Å²) in [6.45, 7) is 3.50. The maximum Gasteiger partial charge on any atom is 0.138 e. The quantitative estimate of drug-likeness (QED) is 0.235. The van der Waals surface area contributed by atoms with Crippen LogP contribution in [0.3, 0.4) is 0 Å². The zero-order valence-electron chi connectivity index (χ0n) is 21.1. The van der Waals surface area contributed by atoms with E-state index in [1.54, 1.807) is 24.4 Å². The molecule has 0 unspecified atom stereocenters. The Morgan fingerprint density at radius 3 is 2.62 bits per heavy atom. The number of anilines is 3. The van der Waals surface area contributed by atoms with Crippen LogP contribution in [0.4, 0.5) is 21.5 Å². The van der Waals surface area contributed by atoms with Crippen LogP contribution in [0, 0.1) is 5.82 Å². The van der Waals surface area contributed by atoms with Crippen molar-refractivity contribution in [3.05, 3.63) is 108 Å². The van der Waals surface area contributed by atoms with Crippen LogP contribution < -0.4 is 15.0 Å². The average Bonchev–Trinajstić information content (AvgIpc) is 2.97. The zero-order valence-corrected chi connectivity index (χ0v) is 21.9. The maximum atomic E-state index is 13.5. The van der Waals surface area contributed by atoms with Gasteiger partial charge in [0.05, 0.1) is 35.6 Å². The largest absolute Gasteiger partial charge is 0.487 e. The lowest BCUT2D eigenvalue weighted by molar-refractivity contribution is 0.122. The SMILES string of the molecule is Fc1cccc(COc2ccc(Nc3cnnc4ccc(-c5cccc(N6CCOCC6)c5)cc34)cc2Cl)c1. The highest BCUT2D eigenvalue weighted by atomic mass is 35.5. The minimum absolute atomic E-state index is 0.221. The molecule has 6 nitrogen and oxygen atoms in total. The molecular formula is C31H26ClFN4O2. The summed E-state index contributed by atoms with van der Waals surface area (Å²) in [7, 11) is 0. The van der Waals surface area contributed by atoms with Crippen molar-refractivity contribution in [3.63, 3.8) is 0 Å². The molecule has 8 heteroatoms. The van der Waals surface area contributed by atoms with Gasteiger partial charge in [0.1, 0.15) is 18.2 Å². The first-order chi connectivity index (χ1) is 19.1. The number of rotatable bonds is 7. The minimum atomic E-state index is -0.298. The van der Waals surface area contributed by atoms with Gasteiger partial charge >= 0.3 is 0 Å². The van der Waals surface area contributed by atoms with Crippen molar-refractivity contribution >= 4 is 39.6 Å². The van der Waals surface area contributed by atoms with E-state index in [9.17, 15) is 4.39 Å². The van der Waals surface area contributed by atoms with Crippen molar-refractivity contribution in [1.82, 2.24) is 10.2 Å². The number of aromatic nitrogens is 2. The lowest BCUT2D eigenvalue weighted by Gasteiger charge is -2.29.